The molecule has 1 aliphatic heterocycles. The number of para-hydroxylation sites is 2. The number of benzene rings is 8. The quantitative estimate of drug-likeness (QED) is 0.179. The molecule has 0 fully saturated rings. The molecule has 0 unspecified atom stereocenters. The summed E-state index contributed by atoms with van der Waals surface area (Å²) in [4.78, 5) is 9.81. The fourth-order valence-electron chi connectivity index (χ4n) is 9.25. The van der Waals surface area contributed by atoms with E-state index in [9.17, 15) is 0 Å². The molecule has 2 aliphatic rings. The molecule has 0 bridgehead atoms. The fraction of sp³-hybridized carbons (Fsp3) is 0.0566. The molecule has 5 heteroatoms. The maximum Gasteiger partial charge on any atom is 0.227 e. The van der Waals surface area contributed by atoms with Crippen molar-refractivity contribution in [2.24, 2.45) is 0 Å². The minimum Gasteiger partial charge on any atom is -0.457 e. The van der Waals surface area contributed by atoms with Crippen molar-refractivity contribution in [3.05, 3.63) is 203 Å². The smallest absolute Gasteiger partial charge is 0.227 e. The second-order valence-corrected chi connectivity index (χ2v) is 15.5. The van der Waals surface area contributed by atoms with Gasteiger partial charge in [-0.05, 0) is 130 Å². The van der Waals surface area contributed by atoms with Crippen molar-refractivity contribution in [3.63, 3.8) is 0 Å². The molecule has 58 heavy (non-hydrogen) atoms. The molecule has 1 aliphatic carbocycles. The molecule has 0 N–H and O–H groups in total. The topological polar surface area (TPSA) is 61.3 Å². The number of fused-ring (bicyclic) bond motifs is 11. The van der Waals surface area contributed by atoms with Crippen molar-refractivity contribution in [3.8, 4) is 67.8 Å². The van der Waals surface area contributed by atoms with Gasteiger partial charge in [0.05, 0.1) is 5.41 Å². The van der Waals surface area contributed by atoms with Crippen LogP contribution in [-0.2, 0) is 5.41 Å². The Balaban J connectivity index is 0.989. The van der Waals surface area contributed by atoms with Gasteiger partial charge in [0.25, 0.3) is 0 Å². The first-order valence-electron chi connectivity index (χ1n) is 19.6. The average Bonchev–Trinajstić information content (AvgIpc) is 3.97. The maximum absolute atomic E-state index is 6.56. The van der Waals surface area contributed by atoms with Crippen LogP contribution in [0.1, 0.15) is 33.4 Å². The molecule has 274 valence electrons. The third kappa shape index (κ3) is 4.83. The normalized spacial score (nSPS) is 13.3. The summed E-state index contributed by atoms with van der Waals surface area (Å²) in [5.41, 5.74) is 18.3. The van der Waals surface area contributed by atoms with Crippen molar-refractivity contribution >= 4 is 22.2 Å². The van der Waals surface area contributed by atoms with E-state index in [0.29, 0.717) is 11.8 Å². The highest BCUT2D eigenvalue weighted by Gasteiger charge is 2.51. The van der Waals surface area contributed by atoms with Crippen LogP contribution >= 0.6 is 0 Å². The van der Waals surface area contributed by atoms with Gasteiger partial charge in [0.2, 0.25) is 11.8 Å². The first kappa shape index (κ1) is 32.7. The summed E-state index contributed by atoms with van der Waals surface area (Å²) in [6.07, 6.45) is 0. The predicted octanol–water partition coefficient (Wildman–Crippen LogP) is 13.7. The van der Waals surface area contributed by atoms with E-state index < -0.39 is 5.41 Å². The highest BCUT2D eigenvalue weighted by molar-refractivity contribution is 5.91. The third-order valence-electron chi connectivity index (χ3n) is 11.9. The number of aryl methyl sites for hydroxylation is 2. The Morgan fingerprint density at radius 1 is 0.379 bits per heavy atom. The fourth-order valence-corrected chi connectivity index (χ4v) is 9.25. The number of hydrogen-bond donors (Lipinski definition) is 0. The van der Waals surface area contributed by atoms with E-state index in [0.717, 1.165) is 89.3 Å². The number of aromatic nitrogens is 2. The predicted molar refractivity (Wildman–Crippen MR) is 230 cm³/mol. The molecule has 0 saturated heterocycles. The highest BCUT2D eigenvalue weighted by atomic mass is 16.5. The summed E-state index contributed by atoms with van der Waals surface area (Å²) >= 11 is 0. The second-order valence-electron chi connectivity index (χ2n) is 15.5. The Morgan fingerprint density at radius 3 is 1.47 bits per heavy atom. The van der Waals surface area contributed by atoms with Gasteiger partial charge in [-0.25, -0.2) is 9.97 Å². The van der Waals surface area contributed by atoms with E-state index in [1.54, 1.807) is 0 Å². The van der Waals surface area contributed by atoms with Crippen LogP contribution < -0.4 is 4.74 Å². The number of rotatable bonds is 4. The van der Waals surface area contributed by atoms with Crippen molar-refractivity contribution < 1.29 is 13.6 Å². The summed E-state index contributed by atoms with van der Waals surface area (Å²) in [6.45, 7) is 4.13. The lowest BCUT2D eigenvalue weighted by atomic mass is 9.66. The summed E-state index contributed by atoms with van der Waals surface area (Å²) in [5.74, 6) is 2.88. The molecule has 5 nitrogen and oxygen atoms in total. The highest BCUT2D eigenvalue weighted by Crippen LogP contribution is 2.62. The van der Waals surface area contributed by atoms with E-state index in [4.69, 9.17) is 23.5 Å². The lowest BCUT2D eigenvalue weighted by Crippen LogP contribution is -2.32. The van der Waals surface area contributed by atoms with Gasteiger partial charge in [0.1, 0.15) is 22.5 Å². The second kappa shape index (κ2) is 12.2. The van der Waals surface area contributed by atoms with Crippen LogP contribution in [0, 0.1) is 13.8 Å². The van der Waals surface area contributed by atoms with E-state index in [-0.39, 0.29) is 0 Å². The molecule has 3 heterocycles. The molecule has 0 radical (unpaired) electrons. The van der Waals surface area contributed by atoms with Crippen molar-refractivity contribution in [1.82, 2.24) is 9.97 Å². The SMILES string of the molecule is Cc1ccc2oc(-c3cc(-c4ccc(-c5ccc6c(c5)C5(c7ccccc7Oc7ccccc75)c5ccccc5-6)cc4)cc(-c4nc5cc(C)ccc5o4)c3)nc2c1. The van der Waals surface area contributed by atoms with Crippen molar-refractivity contribution in [2.75, 3.05) is 0 Å². The zero-order valence-corrected chi connectivity index (χ0v) is 31.8. The lowest BCUT2D eigenvalue weighted by Gasteiger charge is -2.39. The van der Waals surface area contributed by atoms with Gasteiger partial charge in [-0.15, -0.1) is 0 Å². The number of hydrogen-bond acceptors (Lipinski definition) is 5. The molecule has 0 amide bonds. The Labute approximate surface area is 334 Å². The van der Waals surface area contributed by atoms with Crippen LogP contribution in [0.2, 0.25) is 0 Å². The summed E-state index contributed by atoms with van der Waals surface area (Å²) in [5, 5.41) is 0. The molecule has 12 rings (SSSR count). The van der Waals surface area contributed by atoms with Crippen LogP contribution in [0.15, 0.2) is 179 Å². The van der Waals surface area contributed by atoms with Crippen LogP contribution in [0.4, 0.5) is 0 Å². The molecular formula is C53H34N2O3. The van der Waals surface area contributed by atoms with Crippen LogP contribution in [-0.4, -0.2) is 9.97 Å². The number of nitrogens with zero attached hydrogens (tertiary/aromatic N) is 2. The standard InChI is InChI=1S/C53H34N2O3/c1-31-15-23-49-45(25-31)54-51(57-49)37-27-36(28-38(29-37)52-55-46-26-32(2)16-24-50(46)58-52)34-19-17-33(18-20-34)35-21-22-40-39-9-3-4-10-41(39)53(44(40)30-35)42-11-5-7-13-47(42)56-48-14-8-6-12-43(48)53/h3-30H,1-2H3. The number of ether oxygens (including phenoxy) is 1. The zero-order chi connectivity index (χ0) is 38.5. The number of oxazole rings is 2. The van der Waals surface area contributed by atoms with Crippen LogP contribution in [0.25, 0.3) is 78.5 Å². The molecule has 10 aromatic rings. The van der Waals surface area contributed by atoms with E-state index in [1.807, 2.05) is 36.4 Å². The maximum atomic E-state index is 6.56. The van der Waals surface area contributed by atoms with Gasteiger partial charge in [0.15, 0.2) is 11.2 Å². The summed E-state index contributed by atoms with van der Waals surface area (Å²) in [6, 6.07) is 60.1. The Morgan fingerprint density at radius 2 is 0.862 bits per heavy atom. The Bertz CT molecular complexity index is 3150. The van der Waals surface area contributed by atoms with Gasteiger partial charge in [-0.2, -0.15) is 0 Å². The van der Waals surface area contributed by atoms with Gasteiger partial charge in [-0.3, -0.25) is 0 Å². The van der Waals surface area contributed by atoms with Gasteiger partial charge in [0, 0.05) is 22.3 Å². The van der Waals surface area contributed by atoms with Gasteiger partial charge in [-0.1, -0.05) is 109 Å². The zero-order valence-electron chi connectivity index (χ0n) is 31.8. The Kier molecular flexibility index (Phi) is 6.91. The van der Waals surface area contributed by atoms with E-state index >= 15 is 0 Å². The minimum atomic E-state index is -0.517. The minimum absolute atomic E-state index is 0.517. The molecule has 0 atom stereocenters. The largest absolute Gasteiger partial charge is 0.457 e. The molecule has 1 spiro atoms. The van der Waals surface area contributed by atoms with E-state index in [1.165, 1.54) is 22.3 Å². The lowest BCUT2D eigenvalue weighted by molar-refractivity contribution is 0.436. The summed E-state index contributed by atoms with van der Waals surface area (Å²) < 4.78 is 19.2. The Hall–Kier alpha value is -7.50. The molecule has 2 aromatic heterocycles. The van der Waals surface area contributed by atoms with Crippen molar-refractivity contribution in [2.45, 2.75) is 19.3 Å². The van der Waals surface area contributed by atoms with Crippen LogP contribution in [0.5, 0.6) is 11.5 Å². The first-order valence-corrected chi connectivity index (χ1v) is 19.6. The van der Waals surface area contributed by atoms with Crippen molar-refractivity contribution in [1.29, 1.82) is 0 Å². The third-order valence-corrected chi connectivity index (χ3v) is 11.9. The monoisotopic (exact) mass is 746 g/mol. The van der Waals surface area contributed by atoms with Crippen LogP contribution in [0.3, 0.4) is 0 Å². The first-order chi connectivity index (χ1) is 28.5. The van der Waals surface area contributed by atoms with Gasteiger partial charge < -0.3 is 13.6 Å². The summed E-state index contributed by atoms with van der Waals surface area (Å²) in [7, 11) is 0. The average molecular weight is 747 g/mol. The molecule has 0 saturated carbocycles. The molecular weight excluding hydrogens is 713 g/mol. The van der Waals surface area contributed by atoms with Gasteiger partial charge >= 0.3 is 0 Å². The molecule has 8 aromatic carbocycles. The van der Waals surface area contributed by atoms with E-state index in [2.05, 4.69) is 147 Å².